The van der Waals surface area contributed by atoms with Crippen molar-refractivity contribution in [3.63, 3.8) is 0 Å². The van der Waals surface area contributed by atoms with Gasteiger partial charge < -0.3 is 31.1 Å². The second-order valence-electron chi connectivity index (χ2n) is 26.7. The molecule has 0 unspecified atom stereocenters. The fourth-order valence-corrected chi connectivity index (χ4v) is 13.8. The zero-order valence-corrected chi connectivity index (χ0v) is 44.1. The van der Waals surface area contributed by atoms with Gasteiger partial charge in [0.05, 0.1) is 13.1 Å². The molecule has 0 spiro atoms. The first-order chi connectivity index (χ1) is 28.2. The van der Waals surface area contributed by atoms with Crippen molar-refractivity contribution < 1.29 is 9.59 Å². The minimum absolute atomic E-state index is 0.00705. The van der Waals surface area contributed by atoms with Gasteiger partial charge >= 0.3 is 0 Å². The third kappa shape index (κ3) is 17.3. The molecular formula is C52H102N8O2. The smallest absolute Gasteiger partial charge is 0.237 e. The third-order valence-electron chi connectivity index (χ3n) is 14.7. The Kier molecular flexibility index (Phi) is 17.6. The van der Waals surface area contributed by atoms with Crippen LogP contribution in [0.5, 0.6) is 0 Å². The first-order valence-electron chi connectivity index (χ1n) is 25.3. The van der Waals surface area contributed by atoms with Crippen LogP contribution in [0.3, 0.4) is 0 Å². The Morgan fingerprint density at radius 1 is 0.403 bits per heavy atom. The minimum Gasteiger partial charge on any atom is -0.338 e. The Morgan fingerprint density at radius 2 is 0.694 bits per heavy atom. The van der Waals surface area contributed by atoms with Gasteiger partial charge in [0.2, 0.25) is 5.91 Å². The summed E-state index contributed by atoms with van der Waals surface area (Å²) >= 11 is 0. The highest BCUT2D eigenvalue weighted by Crippen LogP contribution is 2.36. The lowest BCUT2D eigenvalue weighted by Gasteiger charge is -2.51. The van der Waals surface area contributed by atoms with Crippen LogP contribution in [0.15, 0.2) is 0 Å². The Labute approximate surface area is 383 Å². The number of nitrogens with one attached hydrogen (secondary N) is 4. The molecule has 0 aromatic carbocycles. The summed E-state index contributed by atoms with van der Waals surface area (Å²) in [6, 6.07) is 1.53. The van der Waals surface area contributed by atoms with Crippen LogP contribution in [-0.4, -0.2) is 146 Å². The van der Waals surface area contributed by atoms with E-state index in [9.17, 15) is 4.79 Å². The fraction of sp³-hybridized carbons (Fsp3) is 0.962. The highest BCUT2D eigenvalue weighted by Gasteiger charge is 2.45. The minimum atomic E-state index is -0.0389. The summed E-state index contributed by atoms with van der Waals surface area (Å²) in [6.07, 6.45) is 15.0. The number of hydrogen-bond donors (Lipinski definition) is 4. The average Bonchev–Trinajstić information content (AvgIpc) is 3.02. The molecule has 0 aromatic heterocycles. The molecule has 4 aliphatic rings. The summed E-state index contributed by atoms with van der Waals surface area (Å²) in [4.78, 5) is 37.7. The lowest BCUT2D eigenvalue weighted by Crippen LogP contribution is -2.64. The fourth-order valence-electron chi connectivity index (χ4n) is 13.8. The van der Waals surface area contributed by atoms with Gasteiger partial charge in [0, 0.05) is 75.0 Å². The number of carbonyl (C=O) groups is 2. The zero-order valence-electron chi connectivity index (χ0n) is 44.1. The molecule has 4 aliphatic heterocycles. The van der Waals surface area contributed by atoms with Crippen LogP contribution in [0.2, 0.25) is 0 Å². The van der Waals surface area contributed by atoms with E-state index in [2.05, 4.69) is 159 Å². The second-order valence-corrected chi connectivity index (χ2v) is 26.7. The van der Waals surface area contributed by atoms with E-state index in [0.717, 1.165) is 103 Å². The van der Waals surface area contributed by atoms with Crippen LogP contribution in [0.1, 0.15) is 208 Å². The SMILES string of the molecule is CC(=O)CN(CCCCCN(CC(=O)N(CCCCCN(C)C1CC(C)(C)NC(C)(C)C1)C1CC(C)(C)NC(C)(C)C1)C1CC(C)(C)NC(C)(C)C1)C1CC(C)(C)NC(C)(C)C1. The number of rotatable bonds is 20. The predicted molar refractivity (Wildman–Crippen MR) is 263 cm³/mol. The predicted octanol–water partition coefficient (Wildman–Crippen LogP) is 8.52. The van der Waals surface area contributed by atoms with E-state index in [0.29, 0.717) is 37.1 Å². The van der Waals surface area contributed by atoms with Gasteiger partial charge in [0.25, 0.3) is 0 Å². The number of amides is 1. The molecule has 62 heavy (non-hydrogen) atoms. The normalized spacial score (nSPS) is 26.0. The Bertz CT molecular complexity index is 1400. The molecule has 4 N–H and O–H groups in total. The molecule has 4 fully saturated rings. The van der Waals surface area contributed by atoms with E-state index in [1.165, 1.54) is 12.8 Å². The quantitative estimate of drug-likeness (QED) is 0.0900. The molecule has 0 aromatic rings. The van der Waals surface area contributed by atoms with Gasteiger partial charge in [-0.2, -0.15) is 0 Å². The maximum atomic E-state index is 15.1. The monoisotopic (exact) mass is 871 g/mol. The van der Waals surface area contributed by atoms with Crippen LogP contribution in [-0.2, 0) is 9.59 Å². The number of hydrogen-bond acceptors (Lipinski definition) is 9. The summed E-state index contributed by atoms with van der Waals surface area (Å²) in [5.74, 6) is 0.570. The summed E-state index contributed by atoms with van der Waals surface area (Å²) in [5, 5.41) is 15.5. The molecule has 1 amide bonds. The van der Waals surface area contributed by atoms with Crippen LogP contribution in [0.25, 0.3) is 0 Å². The Hall–Kier alpha value is -1.14. The van der Waals surface area contributed by atoms with Crippen molar-refractivity contribution in [2.75, 3.05) is 46.3 Å². The highest BCUT2D eigenvalue weighted by atomic mass is 16.2. The summed E-state index contributed by atoms with van der Waals surface area (Å²) in [7, 11) is 2.33. The largest absolute Gasteiger partial charge is 0.338 e. The second kappa shape index (κ2) is 20.4. The van der Waals surface area contributed by atoms with Crippen molar-refractivity contribution in [3.8, 4) is 0 Å². The maximum Gasteiger partial charge on any atom is 0.237 e. The Morgan fingerprint density at radius 3 is 1.05 bits per heavy atom. The van der Waals surface area contributed by atoms with Gasteiger partial charge in [-0.15, -0.1) is 0 Å². The maximum absolute atomic E-state index is 15.1. The zero-order chi connectivity index (χ0) is 46.7. The van der Waals surface area contributed by atoms with Crippen molar-refractivity contribution in [1.82, 2.24) is 40.9 Å². The summed E-state index contributed by atoms with van der Waals surface area (Å²) < 4.78 is 0. The standard InChI is InChI=1S/C52H102N8O2/c1-39(61)37-58(41-31-47(6,7)54-48(8,9)32-41)26-22-20-23-27-59(42-33-49(10,11)55-50(12,13)34-42)38-44(62)60(43-35-51(14,15)56-52(16,17)36-43)28-24-19-21-25-57(18)40-29-45(2,3)53-46(4,5)30-40/h40-43,53-56H,19-38H2,1-18H3. The van der Waals surface area contributed by atoms with Crippen LogP contribution in [0, 0.1) is 0 Å². The molecule has 0 radical (unpaired) electrons. The molecule has 0 aliphatic carbocycles. The van der Waals surface area contributed by atoms with E-state index in [1.807, 2.05) is 0 Å². The molecule has 4 rings (SSSR count). The van der Waals surface area contributed by atoms with Gasteiger partial charge in [0.15, 0.2) is 0 Å². The lowest BCUT2D eigenvalue weighted by molar-refractivity contribution is -0.138. The number of ketones is 1. The first kappa shape index (κ1) is 53.5. The third-order valence-corrected chi connectivity index (χ3v) is 14.7. The molecule has 10 heteroatoms. The number of Topliss-reactive ketones (excluding diaryl/α,β-unsaturated/α-hetero) is 1. The molecule has 0 bridgehead atoms. The first-order valence-corrected chi connectivity index (χ1v) is 25.3. The van der Waals surface area contributed by atoms with Crippen molar-refractivity contribution in [1.29, 1.82) is 0 Å². The van der Waals surface area contributed by atoms with E-state index in [4.69, 9.17) is 0 Å². The number of unbranched alkanes of at least 4 members (excludes halogenated alkanes) is 4. The molecule has 4 saturated heterocycles. The van der Waals surface area contributed by atoms with Gasteiger partial charge in [-0.25, -0.2) is 0 Å². The van der Waals surface area contributed by atoms with Crippen molar-refractivity contribution in [2.45, 2.75) is 276 Å². The molecule has 0 atom stereocenters. The van der Waals surface area contributed by atoms with Gasteiger partial charge in [-0.05, 0) is 221 Å². The van der Waals surface area contributed by atoms with Gasteiger partial charge in [-0.3, -0.25) is 19.4 Å². The topological polar surface area (TPSA) is 95.2 Å². The van der Waals surface area contributed by atoms with Crippen LogP contribution >= 0.6 is 0 Å². The lowest BCUT2D eigenvalue weighted by atomic mass is 9.78. The summed E-state index contributed by atoms with van der Waals surface area (Å²) in [5.41, 5.74) is 0.273. The highest BCUT2D eigenvalue weighted by molar-refractivity contribution is 5.79. The van der Waals surface area contributed by atoms with Crippen molar-refractivity contribution >= 4 is 11.7 Å². The Balaban J connectivity index is 1.46. The van der Waals surface area contributed by atoms with Gasteiger partial charge in [0.1, 0.15) is 5.78 Å². The molecule has 0 saturated carbocycles. The van der Waals surface area contributed by atoms with E-state index >= 15 is 4.79 Å². The number of piperidine rings is 4. The molecular weight excluding hydrogens is 769 g/mol. The molecule has 4 heterocycles. The van der Waals surface area contributed by atoms with Crippen molar-refractivity contribution in [3.05, 3.63) is 0 Å². The summed E-state index contributed by atoms with van der Waals surface area (Å²) in [6.45, 7) is 43.8. The van der Waals surface area contributed by atoms with E-state index in [1.54, 1.807) is 6.92 Å². The van der Waals surface area contributed by atoms with E-state index < -0.39 is 0 Å². The average molecular weight is 871 g/mol. The van der Waals surface area contributed by atoms with Gasteiger partial charge in [-0.1, -0.05) is 12.8 Å². The van der Waals surface area contributed by atoms with Crippen LogP contribution in [0.4, 0.5) is 0 Å². The molecule has 10 nitrogen and oxygen atoms in total. The van der Waals surface area contributed by atoms with Crippen LogP contribution < -0.4 is 21.3 Å². The molecule has 362 valence electrons. The number of nitrogens with zero attached hydrogens (tertiary/aromatic N) is 4. The van der Waals surface area contributed by atoms with Crippen molar-refractivity contribution in [2.24, 2.45) is 0 Å². The van der Waals surface area contributed by atoms with E-state index in [-0.39, 0.29) is 56.1 Å². The number of carbonyl (C=O) groups excluding carboxylic acids is 2.